The van der Waals surface area contributed by atoms with Crippen LogP contribution in [-0.4, -0.2) is 0 Å². The van der Waals surface area contributed by atoms with Crippen LogP contribution in [0.4, 0.5) is 0 Å². The SMILES string of the molecule is CC1=C2CCC(C)C2C2C(CC1)C2(C)C. The van der Waals surface area contributed by atoms with E-state index in [0.29, 0.717) is 5.41 Å². The summed E-state index contributed by atoms with van der Waals surface area (Å²) in [7, 11) is 0. The fraction of sp³-hybridized carbons (Fsp3) is 0.867. The Morgan fingerprint density at radius 2 is 1.87 bits per heavy atom. The van der Waals surface area contributed by atoms with Crippen LogP contribution in [0.5, 0.6) is 0 Å². The molecule has 0 heterocycles. The Hall–Kier alpha value is -0.260. The fourth-order valence-corrected chi connectivity index (χ4v) is 4.73. The summed E-state index contributed by atoms with van der Waals surface area (Å²) in [6.07, 6.45) is 5.73. The van der Waals surface area contributed by atoms with Crippen LogP contribution in [0, 0.1) is 29.1 Å². The third kappa shape index (κ3) is 1.20. The quantitative estimate of drug-likeness (QED) is 0.513. The highest BCUT2D eigenvalue weighted by molar-refractivity contribution is 5.29. The molecule has 3 aliphatic carbocycles. The van der Waals surface area contributed by atoms with Crippen molar-refractivity contribution in [3.8, 4) is 0 Å². The molecule has 0 N–H and O–H groups in total. The maximum absolute atomic E-state index is 2.51. The van der Waals surface area contributed by atoms with Gasteiger partial charge in [0.25, 0.3) is 0 Å². The second-order valence-electron chi connectivity index (χ2n) is 6.84. The summed E-state index contributed by atoms with van der Waals surface area (Å²) in [6, 6.07) is 0. The summed E-state index contributed by atoms with van der Waals surface area (Å²) in [6.45, 7) is 9.90. The molecule has 2 saturated carbocycles. The molecule has 4 unspecified atom stereocenters. The van der Waals surface area contributed by atoms with Gasteiger partial charge in [-0.2, -0.15) is 0 Å². The van der Waals surface area contributed by atoms with Crippen molar-refractivity contribution in [3.63, 3.8) is 0 Å². The normalized spacial score (nSPS) is 47.2. The Labute approximate surface area is 94.1 Å². The highest BCUT2D eigenvalue weighted by atomic mass is 14.7. The predicted molar refractivity (Wildman–Crippen MR) is 64.6 cm³/mol. The Kier molecular flexibility index (Phi) is 1.92. The van der Waals surface area contributed by atoms with E-state index in [1.807, 2.05) is 5.57 Å². The molecule has 0 aromatic carbocycles. The first-order valence-electron chi connectivity index (χ1n) is 6.72. The van der Waals surface area contributed by atoms with Gasteiger partial charge in [-0.1, -0.05) is 31.9 Å². The van der Waals surface area contributed by atoms with E-state index < -0.39 is 0 Å². The van der Waals surface area contributed by atoms with E-state index in [1.165, 1.54) is 25.7 Å². The molecule has 0 spiro atoms. The zero-order valence-corrected chi connectivity index (χ0v) is 10.6. The van der Waals surface area contributed by atoms with Crippen molar-refractivity contribution in [2.24, 2.45) is 29.1 Å². The van der Waals surface area contributed by atoms with E-state index in [1.54, 1.807) is 5.57 Å². The van der Waals surface area contributed by atoms with E-state index >= 15 is 0 Å². The van der Waals surface area contributed by atoms with Crippen LogP contribution in [-0.2, 0) is 0 Å². The van der Waals surface area contributed by atoms with Crippen molar-refractivity contribution >= 4 is 0 Å². The summed E-state index contributed by atoms with van der Waals surface area (Å²) >= 11 is 0. The van der Waals surface area contributed by atoms with Crippen molar-refractivity contribution in [3.05, 3.63) is 11.1 Å². The molecule has 3 aliphatic rings. The van der Waals surface area contributed by atoms with E-state index in [2.05, 4.69) is 27.7 Å². The zero-order valence-electron chi connectivity index (χ0n) is 10.6. The maximum Gasteiger partial charge on any atom is -0.0138 e. The summed E-state index contributed by atoms with van der Waals surface area (Å²) in [4.78, 5) is 0. The first-order chi connectivity index (χ1) is 7.03. The summed E-state index contributed by atoms with van der Waals surface area (Å²) < 4.78 is 0. The zero-order chi connectivity index (χ0) is 10.8. The average Bonchev–Trinajstić information content (AvgIpc) is 2.55. The predicted octanol–water partition coefficient (Wildman–Crippen LogP) is 4.42. The van der Waals surface area contributed by atoms with Gasteiger partial charge in [0.15, 0.2) is 0 Å². The lowest BCUT2D eigenvalue weighted by Crippen LogP contribution is -2.12. The van der Waals surface area contributed by atoms with Gasteiger partial charge in [0.05, 0.1) is 0 Å². The lowest BCUT2D eigenvalue weighted by Gasteiger charge is -2.20. The highest BCUT2D eigenvalue weighted by Gasteiger charge is 2.62. The molecule has 2 fully saturated rings. The molecule has 15 heavy (non-hydrogen) atoms. The van der Waals surface area contributed by atoms with Crippen LogP contribution in [0.1, 0.15) is 53.4 Å². The molecular formula is C15H24. The molecule has 84 valence electrons. The lowest BCUT2D eigenvalue weighted by molar-refractivity contribution is 0.362. The van der Waals surface area contributed by atoms with E-state index in [4.69, 9.17) is 0 Å². The van der Waals surface area contributed by atoms with E-state index in [9.17, 15) is 0 Å². The van der Waals surface area contributed by atoms with Crippen molar-refractivity contribution in [2.45, 2.75) is 53.4 Å². The standard InChI is InChI=1S/C15H24/c1-9-6-8-12-14(15(12,3)4)13-10(2)5-7-11(9)13/h10,12-14H,5-8H2,1-4H3. The van der Waals surface area contributed by atoms with Crippen molar-refractivity contribution < 1.29 is 0 Å². The lowest BCUT2D eigenvalue weighted by atomic mass is 9.85. The molecule has 0 saturated heterocycles. The maximum atomic E-state index is 2.51. The molecule has 0 aromatic heterocycles. The Morgan fingerprint density at radius 3 is 2.60 bits per heavy atom. The Balaban J connectivity index is 1.99. The Morgan fingerprint density at radius 1 is 1.13 bits per heavy atom. The van der Waals surface area contributed by atoms with Gasteiger partial charge in [-0.05, 0) is 61.7 Å². The fourth-order valence-electron chi connectivity index (χ4n) is 4.73. The number of hydrogen-bond acceptors (Lipinski definition) is 0. The molecule has 4 atom stereocenters. The van der Waals surface area contributed by atoms with Gasteiger partial charge in [-0.3, -0.25) is 0 Å². The minimum Gasteiger partial charge on any atom is -0.0738 e. The Bertz CT molecular complexity index is 321. The highest BCUT2D eigenvalue weighted by Crippen LogP contribution is 2.69. The van der Waals surface area contributed by atoms with Gasteiger partial charge < -0.3 is 0 Å². The molecule has 0 aromatic rings. The van der Waals surface area contributed by atoms with Crippen LogP contribution in [0.15, 0.2) is 11.1 Å². The van der Waals surface area contributed by atoms with Crippen LogP contribution in [0.25, 0.3) is 0 Å². The molecular weight excluding hydrogens is 180 g/mol. The molecule has 3 rings (SSSR count). The topological polar surface area (TPSA) is 0 Å². The minimum atomic E-state index is 0.662. The monoisotopic (exact) mass is 204 g/mol. The minimum absolute atomic E-state index is 0.662. The molecule has 0 amide bonds. The van der Waals surface area contributed by atoms with Gasteiger partial charge in [0.1, 0.15) is 0 Å². The van der Waals surface area contributed by atoms with Crippen molar-refractivity contribution in [2.75, 3.05) is 0 Å². The summed E-state index contributed by atoms with van der Waals surface area (Å²) in [5.74, 6) is 3.99. The van der Waals surface area contributed by atoms with Crippen molar-refractivity contribution in [1.29, 1.82) is 0 Å². The van der Waals surface area contributed by atoms with Crippen LogP contribution < -0.4 is 0 Å². The smallest absolute Gasteiger partial charge is 0.0138 e. The van der Waals surface area contributed by atoms with Gasteiger partial charge in [-0.15, -0.1) is 0 Å². The molecule has 0 bridgehead atoms. The third-order valence-electron chi connectivity index (χ3n) is 5.79. The first-order valence-corrected chi connectivity index (χ1v) is 6.72. The van der Waals surface area contributed by atoms with Crippen LogP contribution in [0.2, 0.25) is 0 Å². The second kappa shape index (κ2) is 2.90. The van der Waals surface area contributed by atoms with Gasteiger partial charge in [0.2, 0.25) is 0 Å². The number of rotatable bonds is 0. The van der Waals surface area contributed by atoms with Crippen LogP contribution in [0.3, 0.4) is 0 Å². The van der Waals surface area contributed by atoms with Crippen LogP contribution >= 0.6 is 0 Å². The van der Waals surface area contributed by atoms with E-state index in [-0.39, 0.29) is 0 Å². The van der Waals surface area contributed by atoms with Gasteiger partial charge in [0, 0.05) is 0 Å². The van der Waals surface area contributed by atoms with Crippen molar-refractivity contribution in [1.82, 2.24) is 0 Å². The van der Waals surface area contributed by atoms with Gasteiger partial charge in [-0.25, -0.2) is 0 Å². The van der Waals surface area contributed by atoms with E-state index in [0.717, 1.165) is 23.7 Å². The molecule has 0 nitrogen and oxygen atoms in total. The number of allylic oxidation sites excluding steroid dienone is 2. The number of hydrogen-bond donors (Lipinski definition) is 0. The largest absolute Gasteiger partial charge is 0.0738 e. The summed E-state index contributed by atoms with van der Waals surface area (Å²) in [5, 5.41) is 0. The second-order valence-corrected chi connectivity index (χ2v) is 6.84. The molecule has 0 heteroatoms. The molecule has 0 radical (unpaired) electrons. The molecule has 0 aliphatic heterocycles. The van der Waals surface area contributed by atoms with Gasteiger partial charge >= 0.3 is 0 Å². The average molecular weight is 204 g/mol. The first kappa shape index (κ1) is 9.93. The third-order valence-corrected chi connectivity index (χ3v) is 5.79. The summed E-state index contributed by atoms with van der Waals surface area (Å²) in [5.41, 5.74) is 4.29. The number of fused-ring (bicyclic) bond motifs is 3.